The second-order valence-electron chi connectivity index (χ2n) is 9.80. The quantitative estimate of drug-likeness (QED) is 0.181. The molecule has 0 spiro atoms. The van der Waals surface area contributed by atoms with E-state index in [1.807, 2.05) is 18.5 Å². The molecule has 0 aliphatic carbocycles. The third kappa shape index (κ3) is 3.07. The van der Waals surface area contributed by atoms with E-state index < -0.39 is 0 Å². The maximum Gasteiger partial charge on any atom is 0.160 e. The molecule has 7 aromatic carbocycles. The van der Waals surface area contributed by atoms with Crippen LogP contribution in [0.25, 0.3) is 76.4 Å². The maximum absolute atomic E-state index is 4.66. The molecule has 0 aliphatic rings. The summed E-state index contributed by atoms with van der Waals surface area (Å²) in [6.45, 7) is 0. The highest BCUT2D eigenvalue weighted by atomic mass is 14.9. The van der Waals surface area contributed by atoms with Gasteiger partial charge in [0.15, 0.2) is 5.82 Å². The highest BCUT2D eigenvalue weighted by molar-refractivity contribution is 6.26. The van der Waals surface area contributed by atoms with Crippen LogP contribution in [-0.2, 0) is 0 Å². The second-order valence-corrected chi connectivity index (χ2v) is 9.80. The van der Waals surface area contributed by atoms with Gasteiger partial charge in [-0.15, -0.1) is 0 Å². The first-order valence-electron chi connectivity index (χ1n) is 12.9. The van der Waals surface area contributed by atoms with Crippen LogP contribution in [-0.4, -0.2) is 9.97 Å². The number of aromatic nitrogens is 2. The number of benzene rings is 7. The van der Waals surface area contributed by atoms with Crippen molar-refractivity contribution in [1.29, 1.82) is 0 Å². The average Bonchev–Trinajstić information content (AvgIpc) is 2.99. The zero-order valence-electron chi connectivity index (χ0n) is 20.6. The molecule has 0 aliphatic heterocycles. The van der Waals surface area contributed by atoms with Gasteiger partial charge in [0.25, 0.3) is 0 Å². The Kier molecular flexibility index (Phi) is 4.55. The number of rotatable bonds is 2. The number of hydrogen-bond donors (Lipinski definition) is 0. The summed E-state index contributed by atoms with van der Waals surface area (Å²) in [5.74, 6) is 0.751. The first-order valence-corrected chi connectivity index (χ1v) is 12.9. The normalized spacial score (nSPS) is 11.7. The molecule has 0 saturated heterocycles. The van der Waals surface area contributed by atoms with Crippen molar-refractivity contribution in [1.82, 2.24) is 9.97 Å². The smallest absolute Gasteiger partial charge is 0.160 e. The third-order valence-electron chi connectivity index (χ3n) is 7.72. The standard InChI is InChI=1S/C36H22N2/c1-2-11-24-21-32-25(20-23(24)10-1)22-33(27-13-4-3-12-26(27)32)34-28-14-5-7-16-30(28)35(36-37-18-9-19-38-36)31-17-8-6-15-29(31)34/h1-22H. The van der Waals surface area contributed by atoms with Gasteiger partial charge in [-0.2, -0.15) is 0 Å². The molecule has 0 radical (unpaired) electrons. The lowest BCUT2D eigenvalue weighted by atomic mass is 9.85. The summed E-state index contributed by atoms with van der Waals surface area (Å²) in [5, 5.41) is 12.3. The van der Waals surface area contributed by atoms with Gasteiger partial charge >= 0.3 is 0 Å². The largest absolute Gasteiger partial charge is 0.237 e. The van der Waals surface area contributed by atoms with Gasteiger partial charge in [0.05, 0.1) is 0 Å². The van der Waals surface area contributed by atoms with Gasteiger partial charge in [0.1, 0.15) is 0 Å². The molecule has 1 heterocycles. The zero-order valence-corrected chi connectivity index (χ0v) is 20.6. The number of fused-ring (bicyclic) bond motifs is 6. The van der Waals surface area contributed by atoms with Gasteiger partial charge in [-0.1, -0.05) is 97.1 Å². The van der Waals surface area contributed by atoms with Crippen molar-refractivity contribution in [3.63, 3.8) is 0 Å². The predicted octanol–water partition coefficient (Wildman–Crippen LogP) is 9.58. The SMILES string of the molecule is c1cnc(-c2c3ccccc3c(-c3cc4cc5ccccc5cc4c4ccccc34)c3ccccc23)nc1. The molecule has 38 heavy (non-hydrogen) atoms. The highest BCUT2D eigenvalue weighted by Crippen LogP contribution is 2.46. The van der Waals surface area contributed by atoms with Crippen LogP contribution >= 0.6 is 0 Å². The molecule has 1 aromatic heterocycles. The molecule has 0 N–H and O–H groups in total. The molecule has 0 atom stereocenters. The molecule has 2 heteroatoms. The number of hydrogen-bond acceptors (Lipinski definition) is 2. The van der Waals surface area contributed by atoms with E-state index in [0.29, 0.717) is 0 Å². The first kappa shape index (κ1) is 21.0. The van der Waals surface area contributed by atoms with Gasteiger partial charge < -0.3 is 0 Å². The van der Waals surface area contributed by atoms with Gasteiger partial charge in [0, 0.05) is 18.0 Å². The van der Waals surface area contributed by atoms with Crippen LogP contribution in [0.4, 0.5) is 0 Å². The van der Waals surface area contributed by atoms with Crippen LogP contribution in [0.1, 0.15) is 0 Å². The van der Waals surface area contributed by atoms with Crippen molar-refractivity contribution in [3.05, 3.63) is 134 Å². The summed E-state index contributed by atoms with van der Waals surface area (Å²) in [5.41, 5.74) is 3.58. The minimum Gasteiger partial charge on any atom is -0.237 e. The molecule has 0 unspecified atom stereocenters. The average molecular weight is 483 g/mol. The summed E-state index contributed by atoms with van der Waals surface area (Å²) in [7, 11) is 0. The summed E-state index contributed by atoms with van der Waals surface area (Å²) in [4.78, 5) is 9.32. The van der Waals surface area contributed by atoms with Crippen LogP contribution in [0.5, 0.6) is 0 Å². The van der Waals surface area contributed by atoms with E-state index in [4.69, 9.17) is 0 Å². The molecule has 0 saturated carbocycles. The van der Waals surface area contributed by atoms with E-state index in [-0.39, 0.29) is 0 Å². The Morgan fingerprint density at radius 3 is 1.47 bits per heavy atom. The molecule has 176 valence electrons. The fourth-order valence-electron chi connectivity index (χ4n) is 6.09. The minimum absolute atomic E-state index is 0.751. The molecule has 0 fully saturated rings. The lowest BCUT2D eigenvalue weighted by molar-refractivity contribution is 1.18. The van der Waals surface area contributed by atoms with E-state index in [9.17, 15) is 0 Å². The van der Waals surface area contributed by atoms with Crippen LogP contribution in [0.15, 0.2) is 134 Å². The lowest BCUT2D eigenvalue weighted by Crippen LogP contribution is -1.94. The van der Waals surface area contributed by atoms with Gasteiger partial charge in [-0.05, 0) is 89.3 Å². The van der Waals surface area contributed by atoms with E-state index in [1.165, 1.54) is 54.2 Å². The fraction of sp³-hybridized carbons (Fsp3) is 0. The van der Waals surface area contributed by atoms with Crippen molar-refractivity contribution in [3.8, 4) is 22.5 Å². The summed E-state index contributed by atoms with van der Waals surface area (Å²) in [6, 6.07) is 43.7. The molecule has 0 bridgehead atoms. The molecular weight excluding hydrogens is 460 g/mol. The molecular formula is C36H22N2. The van der Waals surface area contributed by atoms with Crippen LogP contribution < -0.4 is 0 Å². The Bertz CT molecular complexity index is 2120. The van der Waals surface area contributed by atoms with E-state index in [1.54, 1.807) is 0 Å². The fourth-order valence-corrected chi connectivity index (χ4v) is 6.09. The monoisotopic (exact) mass is 482 g/mol. The van der Waals surface area contributed by atoms with Crippen molar-refractivity contribution < 1.29 is 0 Å². The summed E-state index contributed by atoms with van der Waals surface area (Å²) < 4.78 is 0. The molecule has 0 amide bonds. The third-order valence-corrected chi connectivity index (χ3v) is 7.72. The van der Waals surface area contributed by atoms with Gasteiger partial charge in [-0.3, -0.25) is 0 Å². The topological polar surface area (TPSA) is 25.8 Å². The molecule has 8 rings (SSSR count). The van der Waals surface area contributed by atoms with Crippen molar-refractivity contribution in [2.24, 2.45) is 0 Å². The zero-order chi connectivity index (χ0) is 25.1. The molecule has 2 nitrogen and oxygen atoms in total. The Morgan fingerprint density at radius 2 is 0.842 bits per heavy atom. The van der Waals surface area contributed by atoms with Crippen LogP contribution in [0, 0.1) is 0 Å². The number of nitrogens with zero attached hydrogens (tertiary/aromatic N) is 2. The molecule has 8 aromatic rings. The van der Waals surface area contributed by atoms with Gasteiger partial charge in [0.2, 0.25) is 0 Å². The summed E-state index contributed by atoms with van der Waals surface area (Å²) in [6.07, 6.45) is 3.64. The van der Waals surface area contributed by atoms with Crippen molar-refractivity contribution in [2.45, 2.75) is 0 Å². The Labute approximate surface area is 219 Å². The van der Waals surface area contributed by atoms with Gasteiger partial charge in [-0.25, -0.2) is 9.97 Å². The van der Waals surface area contributed by atoms with Crippen molar-refractivity contribution >= 4 is 53.9 Å². The first-order chi connectivity index (χ1) is 18.9. The van der Waals surface area contributed by atoms with Crippen LogP contribution in [0.3, 0.4) is 0 Å². The second kappa shape index (κ2) is 8.22. The van der Waals surface area contributed by atoms with E-state index >= 15 is 0 Å². The highest BCUT2D eigenvalue weighted by Gasteiger charge is 2.19. The lowest BCUT2D eigenvalue weighted by Gasteiger charge is -2.19. The maximum atomic E-state index is 4.66. The predicted molar refractivity (Wildman–Crippen MR) is 160 cm³/mol. The Morgan fingerprint density at radius 1 is 0.342 bits per heavy atom. The van der Waals surface area contributed by atoms with E-state index in [0.717, 1.165) is 22.2 Å². The van der Waals surface area contributed by atoms with Crippen molar-refractivity contribution in [2.75, 3.05) is 0 Å². The minimum atomic E-state index is 0.751. The Balaban J connectivity index is 1.58. The Hall–Kier alpha value is -5.08. The summed E-state index contributed by atoms with van der Waals surface area (Å²) >= 11 is 0. The van der Waals surface area contributed by atoms with Crippen LogP contribution in [0.2, 0.25) is 0 Å². The van der Waals surface area contributed by atoms with E-state index in [2.05, 4.69) is 125 Å².